The molecule has 2 aromatic rings. The molecule has 0 heterocycles. The van der Waals surface area contributed by atoms with Gasteiger partial charge < -0.3 is 15.3 Å². The molecule has 3 N–H and O–H groups in total. The first-order chi connectivity index (χ1) is 13.8. The van der Waals surface area contributed by atoms with Crippen LogP contribution in [0.3, 0.4) is 0 Å². The summed E-state index contributed by atoms with van der Waals surface area (Å²) in [6, 6.07) is 12.8. The molecule has 0 amide bonds. The number of carbonyl (C=O) groups excluding carboxylic acids is 1. The van der Waals surface area contributed by atoms with Crippen LogP contribution in [0.15, 0.2) is 65.8 Å². The van der Waals surface area contributed by atoms with E-state index in [4.69, 9.17) is 15.3 Å². The molecular formula is C25H32O4. The third-order valence-electron chi connectivity index (χ3n) is 4.62. The zero-order valence-electron chi connectivity index (χ0n) is 17.7. The average Bonchev–Trinajstić information content (AvgIpc) is 2.69. The second-order valence-electron chi connectivity index (χ2n) is 7.30. The quantitative estimate of drug-likeness (QED) is 0.400. The van der Waals surface area contributed by atoms with Gasteiger partial charge in [0.25, 0.3) is 0 Å². The third kappa shape index (κ3) is 8.69. The molecule has 1 atom stereocenters. The van der Waals surface area contributed by atoms with Gasteiger partial charge in [0.1, 0.15) is 17.2 Å². The monoisotopic (exact) mass is 396 g/mol. The summed E-state index contributed by atoms with van der Waals surface area (Å²) >= 11 is 0. The van der Waals surface area contributed by atoms with Gasteiger partial charge in [-0.1, -0.05) is 53.6 Å². The fourth-order valence-electron chi connectivity index (χ4n) is 2.80. The topological polar surface area (TPSA) is 77.8 Å². The first-order valence-electron chi connectivity index (χ1n) is 9.80. The molecule has 4 nitrogen and oxygen atoms in total. The lowest BCUT2D eigenvalue weighted by molar-refractivity contribution is 0.111. The lowest BCUT2D eigenvalue weighted by Gasteiger charge is -2.19. The number of carbonyl (C=O) groups is 1. The second-order valence-corrected chi connectivity index (χ2v) is 7.30. The van der Waals surface area contributed by atoms with E-state index in [1.54, 1.807) is 5.57 Å². The van der Waals surface area contributed by atoms with Gasteiger partial charge in [0.05, 0.1) is 5.56 Å². The van der Waals surface area contributed by atoms with Gasteiger partial charge in [-0.15, -0.1) is 0 Å². The Morgan fingerprint density at radius 2 is 1.59 bits per heavy atom. The summed E-state index contributed by atoms with van der Waals surface area (Å²) < 4.78 is 0. The Balaban J connectivity index is 0.000000240. The van der Waals surface area contributed by atoms with Crippen molar-refractivity contribution in [3.63, 3.8) is 0 Å². The minimum Gasteiger partial charge on any atom is -0.508 e. The van der Waals surface area contributed by atoms with Crippen LogP contribution < -0.4 is 0 Å². The first-order valence-corrected chi connectivity index (χ1v) is 9.80. The van der Waals surface area contributed by atoms with E-state index in [0.29, 0.717) is 12.2 Å². The third-order valence-corrected chi connectivity index (χ3v) is 4.62. The Hall–Kier alpha value is -3.01. The average molecular weight is 397 g/mol. The molecule has 0 spiro atoms. The zero-order valence-corrected chi connectivity index (χ0v) is 17.7. The number of benzene rings is 2. The molecule has 0 saturated carbocycles. The predicted molar refractivity (Wildman–Crippen MR) is 119 cm³/mol. The van der Waals surface area contributed by atoms with E-state index < -0.39 is 11.5 Å². The Labute approximate surface area is 173 Å². The highest BCUT2D eigenvalue weighted by atomic mass is 16.3. The molecule has 0 bridgehead atoms. The van der Waals surface area contributed by atoms with Gasteiger partial charge >= 0.3 is 0 Å². The van der Waals surface area contributed by atoms with Gasteiger partial charge in [-0.3, -0.25) is 4.79 Å². The van der Waals surface area contributed by atoms with Crippen molar-refractivity contribution in [3.8, 4) is 17.2 Å². The number of hydrogen-bond acceptors (Lipinski definition) is 4. The van der Waals surface area contributed by atoms with Gasteiger partial charge in [-0.25, -0.2) is 0 Å². The minimum absolute atomic E-state index is 0.220. The summed E-state index contributed by atoms with van der Waals surface area (Å²) in [5.41, 5.74) is 4.19. The summed E-state index contributed by atoms with van der Waals surface area (Å²) in [6.45, 7) is 8.45. The van der Waals surface area contributed by atoms with Gasteiger partial charge in [-0.2, -0.15) is 0 Å². The molecule has 156 valence electrons. The predicted octanol–water partition coefficient (Wildman–Crippen LogP) is 6.49. The maximum Gasteiger partial charge on any atom is 0.157 e. The number of rotatable bonds is 2. The number of hydrogen-bond donors (Lipinski definition) is 3. The Bertz CT molecular complexity index is 808. The maximum atomic E-state index is 10.2. The molecule has 1 unspecified atom stereocenters. The van der Waals surface area contributed by atoms with E-state index in [9.17, 15) is 4.79 Å². The number of allylic oxidation sites excluding steroid dienone is 4. The van der Waals surface area contributed by atoms with Crippen LogP contribution in [-0.4, -0.2) is 21.6 Å². The SMILES string of the molecule is CC1=CC(c2ccccc2)CCC1.CC=C(C)C.O=Cc1c(O)cc(O)cc1O. The molecule has 29 heavy (non-hydrogen) atoms. The Kier molecular flexibility index (Phi) is 10.3. The number of aldehydes is 1. The van der Waals surface area contributed by atoms with Crippen molar-refractivity contribution >= 4 is 6.29 Å². The summed E-state index contributed by atoms with van der Waals surface area (Å²) in [6.07, 6.45) is 8.79. The molecule has 1 aliphatic rings. The van der Waals surface area contributed by atoms with Crippen molar-refractivity contribution in [1.29, 1.82) is 0 Å². The van der Waals surface area contributed by atoms with Crippen LogP contribution in [0.1, 0.15) is 68.8 Å². The summed E-state index contributed by atoms with van der Waals surface area (Å²) in [5, 5.41) is 26.6. The lowest BCUT2D eigenvalue weighted by atomic mass is 9.86. The van der Waals surface area contributed by atoms with Gasteiger partial charge in [0.15, 0.2) is 6.29 Å². The largest absolute Gasteiger partial charge is 0.508 e. The molecule has 1 aliphatic carbocycles. The molecule has 4 heteroatoms. The van der Waals surface area contributed by atoms with E-state index in [-0.39, 0.29) is 11.3 Å². The van der Waals surface area contributed by atoms with Crippen molar-refractivity contribution in [2.75, 3.05) is 0 Å². The molecule has 0 radical (unpaired) electrons. The minimum atomic E-state index is -0.433. The van der Waals surface area contributed by atoms with E-state index in [2.05, 4.69) is 63.3 Å². The van der Waals surface area contributed by atoms with Gasteiger partial charge in [0, 0.05) is 18.1 Å². The molecule has 0 aromatic heterocycles. The maximum absolute atomic E-state index is 10.2. The van der Waals surface area contributed by atoms with Crippen LogP contribution in [-0.2, 0) is 0 Å². The molecule has 0 aliphatic heterocycles. The van der Waals surface area contributed by atoms with Crippen LogP contribution in [0.25, 0.3) is 0 Å². The Morgan fingerprint density at radius 1 is 1.03 bits per heavy atom. The fraction of sp³-hybridized carbons (Fsp3) is 0.320. The van der Waals surface area contributed by atoms with Crippen LogP contribution >= 0.6 is 0 Å². The lowest BCUT2D eigenvalue weighted by Crippen LogP contribution is -2.01. The van der Waals surface area contributed by atoms with Crippen molar-refractivity contribution < 1.29 is 20.1 Å². The summed E-state index contributed by atoms with van der Waals surface area (Å²) in [4.78, 5) is 10.2. The van der Waals surface area contributed by atoms with E-state index in [0.717, 1.165) is 12.1 Å². The number of phenolic OH excluding ortho intramolecular Hbond substituents is 3. The van der Waals surface area contributed by atoms with Crippen molar-refractivity contribution in [2.45, 2.75) is 52.9 Å². The van der Waals surface area contributed by atoms with Crippen molar-refractivity contribution in [2.24, 2.45) is 0 Å². The normalized spacial score (nSPS) is 14.9. The first kappa shape index (κ1) is 24.0. The van der Waals surface area contributed by atoms with E-state index in [1.807, 2.05) is 6.92 Å². The smallest absolute Gasteiger partial charge is 0.157 e. The van der Waals surface area contributed by atoms with Crippen LogP contribution in [0.4, 0.5) is 0 Å². The molecule has 2 aromatic carbocycles. The van der Waals surface area contributed by atoms with Gasteiger partial charge in [0.2, 0.25) is 0 Å². The highest BCUT2D eigenvalue weighted by Crippen LogP contribution is 2.31. The van der Waals surface area contributed by atoms with Crippen molar-refractivity contribution in [3.05, 3.63) is 76.9 Å². The molecule has 3 rings (SSSR count). The van der Waals surface area contributed by atoms with Crippen LogP contribution in [0, 0.1) is 0 Å². The van der Waals surface area contributed by atoms with E-state index >= 15 is 0 Å². The van der Waals surface area contributed by atoms with Crippen LogP contribution in [0.2, 0.25) is 0 Å². The molecule has 0 fully saturated rings. The fourth-order valence-corrected chi connectivity index (χ4v) is 2.80. The zero-order chi connectivity index (χ0) is 21.8. The van der Waals surface area contributed by atoms with E-state index in [1.165, 1.54) is 30.4 Å². The standard InChI is InChI=1S/C13H16.C7H6O4.C5H10/c1-11-6-5-9-13(10-11)12-7-3-2-4-8-12;8-3-5-6(10)1-4(9)2-7(5)11;1-4-5(2)3/h2-4,7-8,10,13H,5-6,9H2,1H3;1-3,9-11H;4H,1-3H3. The van der Waals surface area contributed by atoms with Crippen molar-refractivity contribution in [1.82, 2.24) is 0 Å². The van der Waals surface area contributed by atoms with Gasteiger partial charge in [-0.05, 0) is 52.5 Å². The number of aromatic hydroxyl groups is 3. The Morgan fingerprint density at radius 3 is 2.03 bits per heavy atom. The second kappa shape index (κ2) is 12.4. The number of phenols is 3. The highest BCUT2D eigenvalue weighted by Gasteiger charge is 2.12. The molecular weight excluding hydrogens is 364 g/mol. The highest BCUT2D eigenvalue weighted by molar-refractivity contribution is 5.83. The summed E-state index contributed by atoms with van der Waals surface area (Å²) in [5.74, 6) is -0.476. The van der Waals surface area contributed by atoms with Crippen LogP contribution in [0.5, 0.6) is 17.2 Å². The summed E-state index contributed by atoms with van der Waals surface area (Å²) in [7, 11) is 0. The molecule has 0 saturated heterocycles.